The minimum absolute atomic E-state index is 0.0686. The predicted octanol–water partition coefficient (Wildman–Crippen LogP) is 3.71. The Balaban J connectivity index is 1.69. The van der Waals surface area contributed by atoms with Gasteiger partial charge in [-0.2, -0.15) is 4.52 Å². The van der Waals surface area contributed by atoms with Crippen LogP contribution in [0.25, 0.3) is 16.6 Å². The Morgan fingerprint density at radius 3 is 2.85 bits per heavy atom. The topological polar surface area (TPSA) is 69.4 Å². The smallest absolute Gasteiger partial charge is 0.192 e. The first-order valence-corrected chi connectivity index (χ1v) is 9.17. The van der Waals surface area contributed by atoms with Crippen LogP contribution in [-0.4, -0.2) is 38.2 Å². The second kappa shape index (κ2) is 6.96. The van der Waals surface area contributed by atoms with Crippen molar-refractivity contribution in [1.82, 2.24) is 19.6 Å². The van der Waals surface area contributed by atoms with Gasteiger partial charge in [-0.1, -0.05) is 23.9 Å². The number of benzene rings is 2. The molecule has 4 aromatic rings. The average molecular weight is 382 g/mol. The Bertz CT molecular complexity index is 1180. The van der Waals surface area contributed by atoms with Crippen molar-refractivity contribution in [2.45, 2.75) is 12.1 Å². The first kappa shape index (κ1) is 17.4. The van der Waals surface area contributed by atoms with Crippen LogP contribution in [0, 0.1) is 12.7 Å². The van der Waals surface area contributed by atoms with Gasteiger partial charge in [0, 0.05) is 5.39 Å². The summed E-state index contributed by atoms with van der Waals surface area (Å²) in [7, 11) is 1.45. The lowest BCUT2D eigenvalue weighted by Crippen LogP contribution is -2.07. The Hall–Kier alpha value is -3.00. The van der Waals surface area contributed by atoms with E-state index >= 15 is 0 Å². The average Bonchev–Trinajstić information content (AvgIpc) is 3.07. The quantitative estimate of drug-likeness (QED) is 0.298. The van der Waals surface area contributed by atoms with Crippen molar-refractivity contribution < 1.29 is 13.9 Å². The fourth-order valence-corrected chi connectivity index (χ4v) is 3.66. The monoisotopic (exact) mass is 382 g/mol. The molecule has 27 heavy (non-hydrogen) atoms. The lowest BCUT2D eigenvalue weighted by molar-refractivity contribution is 0.101. The van der Waals surface area contributed by atoms with E-state index in [-0.39, 0.29) is 17.1 Å². The fraction of sp³-hybridized carbons (Fsp3) is 0.158. The molecule has 0 N–H and O–H groups in total. The molecule has 0 saturated carbocycles. The maximum Gasteiger partial charge on any atom is 0.192 e. The number of methoxy groups -OCH3 is 1. The van der Waals surface area contributed by atoms with E-state index in [9.17, 15) is 9.18 Å². The Labute approximate surface area is 158 Å². The highest BCUT2D eigenvalue weighted by atomic mass is 32.2. The molecule has 6 nitrogen and oxygen atoms in total. The van der Waals surface area contributed by atoms with Crippen LogP contribution in [0.5, 0.6) is 5.75 Å². The Morgan fingerprint density at radius 1 is 1.22 bits per heavy atom. The van der Waals surface area contributed by atoms with Crippen molar-refractivity contribution in [2.24, 2.45) is 0 Å². The van der Waals surface area contributed by atoms with Gasteiger partial charge in [0.05, 0.1) is 23.9 Å². The Morgan fingerprint density at radius 2 is 2.04 bits per heavy atom. The van der Waals surface area contributed by atoms with Crippen LogP contribution in [0.4, 0.5) is 4.39 Å². The number of hydrogen-bond acceptors (Lipinski definition) is 6. The van der Waals surface area contributed by atoms with Gasteiger partial charge in [-0.25, -0.2) is 14.4 Å². The summed E-state index contributed by atoms with van der Waals surface area (Å²) in [5, 5.41) is 5.83. The molecule has 0 aliphatic carbocycles. The summed E-state index contributed by atoms with van der Waals surface area (Å²) >= 11 is 1.23. The molecule has 136 valence electrons. The zero-order valence-corrected chi connectivity index (χ0v) is 15.5. The van der Waals surface area contributed by atoms with Crippen LogP contribution in [0.1, 0.15) is 16.2 Å². The van der Waals surface area contributed by atoms with E-state index in [0.29, 0.717) is 22.4 Å². The number of fused-ring (bicyclic) bond motifs is 3. The van der Waals surface area contributed by atoms with Gasteiger partial charge in [-0.3, -0.25) is 4.79 Å². The number of carbonyl (C=O) groups is 1. The lowest BCUT2D eigenvalue weighted by Gasteiger charge is -2.08. The number of ketones is 1. The third kappa shape index (κ3) is 3.23. The summed E-state index contributed by atoms with van der Waals surface area (Å²) in [4.78, 5) is 21.7. The van der Waals surface area contributed by atoms with Crippen LogP contribution in [0.2, 0.25) is 0 Å². The number of Topliss-reactive ketones (excluding diaryl/α,β-unsaturated/α-hetero) is 1. The second-order valence-electron chi connectivity index (χ2n) is 5.86. The van der Waals surface area contributed by atoms with Crippen molar-refractivity contribution in [1.29, 1.82) is 0 Å². The SMILES string of the molecule is COc1ccc(F)cc1C(=O)CSc1nc2ccccc2c2nc(C)nn12. The van der Waals surface area contributed by atoms with Gasteiger partial charge in [0.25, 0.3) is 0 Å². The highest BCUT2D eigenvalue weighted by Crippen LogP contribution is 2.26. The largest absolute Gasteiger partial charge is 0.496 e. The van der Waals surface area contributed by atoms with Gasteiger partial charge in [0.1, 0.15) is 17.4 Å². The number of aromatic nitrogens is 4. The number of ether oxygens (including phenoxy) is 1. The van der Waals surface area contributed by atoms with Gasteiger partial charge in [0.15, 0.2) is 16.6 Å². The molecular weight excluding hydrogens is 367 g/mol. The van der Waals surface area contributed by atoms with Gasteiger partial charge < -0.3 is 4.74 Å². The summed E-state index contributed by atoms with van der Waals surface area (Å²) in [6.45, 7) is 1.80. The van der Waals surface area contributed by atoms with Crippen molar-refractivity contribution in [3.8, 4) is 5.75 Å². The molecule has 0 fully saturated rings. The zero-order valence-electron chi connectivity index (χ0n) is 14.6. The van der Waals surface area contributed by atoms with Crippen LogP contribution >= 0.6 is 11.8 Å². The number of carbonyl (C=O) groups excluding carboxylic acids is 1. The first-order valence-electron chi connectivity index (χ1n) is 8.18. The van der Waals surface area contributed by atoms with Gasteiger partial charge >= 0.3 is 0 Å². The summed E-state index contributed by atoms with van der Waals surface area (Å²) in [5.41, 5.74) is 1.67. The van der Waals surface area contributed by atoms with E-state index in [4.69, 9.17) is 4.74 Å². The van der Waals surface area contributed by atoms with E-state index in [1.807, 2.05) is 24.3 Å². The minimum atomic E-state index is -0.484. The van der Waals surface area contributed by atoms with E-state index < -0.39 is 5.82 Å². The maximum absolute atomic E-state index is 13.5. The molecular formula is C19H15FN4O2S. The van der Waals surface area contributed by atoms with Crippen LogP contribution in [0.3, 0.4) is 0 Å². The molecule has 0 spiro atoms. The molecule has 0 radical (unpaired) electrons. The van der Waals surface area contributed by atoms with Crippen molar-refractivity contribution in [3.05, 3.63) is 59.7 Å². The highest BCUT2D eigenvalue weighted by Gasteiger charge is 2.17. The van der Waals surface area contributed by atoms with Crippen molar-refractivity contribution in [3.63, 3.8) is 0 Å². The van der Waals surface area contributed by atoms with E-state index in [1.54, 1.807) is 11.4 Å². The molecule has 0 aliphatic heterocycles. The van der Waals surface area contributed by atoms with E-state index in [1.165, 1.54) is 37.1 Å². The van der Waals surface area contributed by atoms with Crippen molar-refractivity contribution >= 4 is 34.1 Å². The molecule has 0 bridgehead atoms. The lowest BCUT2D eigenvalue weighted by atomic mass is 10.1. The summed E-state index contributed by atoms with van der Waals surface area (Å²) in [5.74, 6) is 0.293. The third-order valence-corrected chi connectivity index (χ3v) is 4.98. The third-order valence-electron chi connectivity index (χ3n) is 4.05. The molecule has 2 aromatic carbocycles. The first-order chi connectivity index (χ1) is 13.1. The zero-order chi connectivity index (χ0) is 19.0. The van der Waals surface area contributed by atoms with Gasteiger partial charge in [0.2, 0.25) is 0 Å². The predicted molar refractivity (Wildman–Crippen MR) is 101 cm³/mol. The molecule has 0 aliphatic rings. The molecule has 4 rings (SSSR count). The van der Waals surface area contributed by atoms with Crippen LogP contribution in [-0.2, 0) is 0 Å². The molecule has 2 aromatic heterocycles. The fourth-order valence-electron chi connectivity index (χ4n) is 2.83. The standard InChI is InChI=1S/C19H15FN4O2S/c1-11-21-18-13-5-3-4-6-15(13)22-19(24(18)23-11)27-10-16(25)14-9-12(20)7-8-17(14)26-2/h3-9H,10H2,1-2H3. The van der Waals surface area contributed by atoms with E-state index in [2.05, 4.69) is 15.1 Å². The number of aryl methyl sites for hydroxylation is 1. The summed E-state index contributed by atoms with van der Waals surface area (Å²) in [6, 6.07) is 11.5. The maximum atomic E-state index is 13.5. The van der Waals surface area contributed by atoms with Crippen LogP contribution in [0.15, 0.2) is 47.6 Å². The highest BCUT2D eigenvalue weighted by molar-refractivity contribution is 7.99. The van der Waals surface area contributed by atoms with Gasteiger partial charge in [-0.05, 0) is 37.3 Å². The molecule has 8 heteroatoms. The summed E-state index contributed by atoms with van der Waals surface area (Å²) in [6.07, 6.45) is 0. The molecule has 0 amide bonds. The van der Waals surface area contributed by atoms with E-state index in [0.717, 1.165) is 10.9 Å². The second-order valence-corrected chi connectivity index (χ2v) is 6.80. The minimum Gasteiger partial charge on any atom is -0.496 e. The number of nitrogens with zero attached hydrogens (tertiary/aromatic N) is 4. The number of halogens is 1. The molecule has 0 saturated heterocycles. The normalized spacial score (nSPS) is 11.2. The molecule has 0 unspecified atom stereocenters. The number of thioether (sulfide) groups is 1. The van der Waals surface area contributed by atoms with Crippen LogP contribution < -0.4 is 4.74 Å². The number of rotatable bonds is 5. The molecule has 2 heterocycles. The number of hydrogen-bond donors (Lipinski definition) is 0. The van der Waals surface area contributed by atoms with Gasteiger partial charge in [-0.15, -0.1) is 5.10 Å². The number of para-hydroxylation sites is 1. The Kier molecular flexibility index (Phi) is 4.49. The van der Waals surface area contributed by atoms with Crippen molar-refractivity contribution in [2.75, 3.05) is 12.9 Å². The molecule has 0 atom stereocenters. The summed E-state index contributed by atoms with van der Waals surface area (Å²) < 4.78 is 20.3.